The molecule has 2 aromatic carbocycles. The molecule has 0 saturated heterocycles. The van der Waals surface area contributed by atoms with E-state index in [0.29, 0.717) is 11.7 Å². The quantitative estimate of drug-likeness (QED) is 0.266. The molecule has 0 radical (unpaired) electrons. The molecule has 0 saturated carbocycles. The van der Waals surface area contributed by atoms with Crippen molar-refractivity contribution in [2.45, 2.75) is 12.8 Å². The molecule has 0 N–H and O–H groups in total. The Balaban J connectivity index is 1.37. The number of nitrogens with zero attached hydrogens (tertiary/aromatic N) is 4. The normalized spacial score (nSPS) is 10.8. The number of benzene rings is 2. The predicted octanol–water partition coefficient (Wildman–Crippen LogP) is 6.15. The second kappa shape index (κ2) is 10.5. The van der Waals surface area contributed by atoms with Gasteiger partial charge in [-0.25, -0.2) is 9.97 Å². The lowest BCUT2D eigenvalue weighted by molar-refractivity contribution is -0.118. The molecule has 34 heavy (non-hydrogen) atoms. The molecule has 0 bridgehead atoms. The van der Waals surface area contributed by atoms with Crippen molar-refractivity contribution in [2.24, 2.45) is 0 Å². The van der Waals surface area contributed by atoms with Crippen LogP contribution in [0.25, 0.3) is 22.0 Å². The summed E-state index contributed by atoms with van der Waals surface area (Å²) in [5.41, 5.74) is 4.68. The molecule has 0 spiro atoms. The first-order valence-corrected chi connectivity index (χ1v) is 12.7. The Morgan fingerprint density at radius 3 is 2.32 bits per heavy atom. The smallest absolute Gasteiger partial charge is 0.234 e. The number of carbonyl (C=O) groups excluding carboxylic acids is 1. The molecule has 3 heterocycles. The lowest BCUT2D eigenvalue weighted by Crippen LogP contribution is -2.34. The first kappa shape index (κ1) is 22.1. The van der Waals surface area contributed by atoms with Crippen LogP contribution < -0.4 is 4.90 Å². The monoisotopic (exact) mass is 482 g/mol. The first-order valence-electron chi connectivity index (χ1n) is 11.0. The Morgan fingerprint density at radius 1 is 0.794 bits per heavy atom. The Kier molecular flexibility index (Phi) is 6.84. The fourth-order valence-electron chi connectivity index (χ4n) is 3.59. The standard InChI is InChI=1S/C27H22N4OS2/c32-25(17-22-18-33-26(29-22)23-13-7-8-15-28-23)31(16-14-20-9-3-1-4-10-20)27-30-24(19-34-27)21-11-5-2-6-12-21/h1-13,15,18-19H,14,16-17H2. The summed E-state index contributed by atoms with van der Waals surface area (Å²) in [6, 6.07) is 26.0. The highest BCUT2D eigenvalue weighted by molar-refractivity contribution is 7.14. The molecule has 5 rings (SSSR count). The second-order valence-electron chi connectivity index (χ2n) is 7.70. The Morgan fingerprint density at radius 2 is 1.56 bits per heavy atom. The van der Waals surface area contributed by atoms with Crippen LogP contribution in [-0.4, -0.2) is 27.4 Å². The van der Waals surface area contributed by atoms with E-state index in [1.54, 1.807) is 11.1 Å². The van der Waals surface area contributed by atoms with Crippen molar-refractivity contribution in [1.82, 2.24) is 15.0 Å². The van der Waals surface area contributed by atoms with Crippen molar-refractivity contribution < 1.29 is 4.79 Å². The van der Waals surface area contributed by atoms with E-state index in [1.165, 1.54) is 28.2 Å². The summed E-state index contributed by atoms with van der Waals surface area (Å²) in [7, 11) is 0. The number of rotatable bonds is 8. The number of amides is 1. The summed E-state index contributed by atoms with van der Waals surface area (Å²) in [6.07, 6.45) is 2.72. The number of hydrogen-bond donors (Lipinski definition) is 0. The molecule has 0 aliphatic carbocycles. The summed E-state index contributed by atoms with van der Waals surface area (Å²) < 4.78 is 0. The second-order valence-corrected chi connectivity index (χ2v) is 9.39. The Bertz CT molecular complexity index is 1350. The van der Waals surface area contributed by atoms with E-state index in [0.717, 1.165) is 34.1 Å². The van der Waals surface area contributed by atoms with Gasteiger partial charge in [-0.15, -0.1) is 22.7 Å². The van der Waals surface area contributed by atoms with Crippen LogP contribution in [0.5, 0.6) is 0 Å². The Labute approximate surface area is 206 Å². The van der Waals surface area contributed by atoms with Crippen LogP contribution in [0.1, 0.15) is 11.3 Å². The lowest BCUT2D eigenvalue weighted by atomic mass is 10.1. The molecule has 0 atom stereocenters. The molecular weight excluding hydrogens is 460 g/mol. The van der Waals surface area contributed by atoms with Gasteiger partial charge in [0.25, 0.3) is 0 Å². The fourth-order valence-corrected chi connectivity index (χ4v) is 5.26. The van der Waals surface area contributed by atoms with Crippen LogP contribution in [0.2, 0.25) is 0 Å². The van der Waals surface area contributed by atoms with Crippen LogP contribution in [0.15, 0.2) is 95.8 Å². The van der Waals surface area contributed by atoms with E-state index < -0.39 is 0 Å². The van der Waals surface area contributed by atoms with Gasteiger partial charge in [-0.3, -0.25) is 14.7 Å². The molecule has 0 fully saturated rings. The molecule has 0 unspecified atom stereocenters. The lowest BCUT2D eigenvalue weighted by Gasteiger charge is -2.19. The molecular formula is C27H22N4OS2. The van der Waals surface area contributed by atoms with Crippen molar-refractivity contribution in [3.05, 3.63) is 107 Å². The van der Waals surface area contributed by atoms with Gasteiger partial charge >= 0.3 is 0 Å². The number of carbonyl (C=O) groups is 1. The third-order valence-electron chi connectivity index (χ3n) is 5.33. The van der Waals surface area contributed by atoms with Crippen LogP contribution in [0.3, 0.4) is 0 Å². The highest BCUT2D eigenvalue weighted by Crippen LogP contribution is 2.29. The van der Waals surface area contributed by atoms with Gasteiger partial charge in [0, 0.05) is 29.1 Å². The van der Waals surface area contributed by atoms with E-state index >= 15 is 0 Å². The topological polar surface area (TPSA) is 59.0 Å². The van der Waals surface area contributed by atoms with Gasteiger partial charge in [0.2, 0.25) is 5.91 Å². The van der Waals surface area contributed by atoms with Gasteiger partial charge < -0.3 is 0 Å². The third-order valence-corrected chi connectivity index (χ3v) is 7.11. The van der Waals surface area contributed by atoms with Crippen molar-refractivity contribution in [2.75, 3.05) is 11.4 Å². The number of pyridine rings is 1. The average molecular weight is 483 g/mol. The van der Waals surface area contributed by atoms with Gasteiger partial charge in [0.1, 0.15) is 5.01 Å². The van der Waals surface area contributed by atoms with E-state index in [4.69, 9.17) is 4.98 Å². The molecule has 7 heteroatoms. The maximum absolute atomic E-state index is 13.5. The fraction of sp³-hybridized carbons (Fsp3) is 0.111. The molecule has 3 aromatic heterocycles. The molecule has 1 amide bonds. The van der Waals surface area contributed by atoms with Gasteiger partial charge in [-0.05, 0) is 24.1 Å². The number of aromatic nitrogens is 3. The first-order chi connectivity index (χ1) is 16.8. The molecule has 0 aliphatic heterocycles. The van der Waals surface area contributed by atoms with E-state index in [-0.39, 0.29) is 12.3 Å². The van der Waals surface area contributed by atoms with Crippen LogP contribution in [0.4, 0.5) is 5.13 Å². The van der Waals surface area contributed by atoms with E-state index in [2.05, 4.69) is 22.1 Å². The minimum atomic E-state index is -0.0113. The van der Waals surface area contributed by atoms with Crippen molar-refractivity contribution in [3.63, 3.8) is 0 Å². The zero-order valence-electron chi connectivity index (χ0n) is 18.4. The number of hydrogen-bond acceptors (Lipinski definition) is 6. The summed E-state index contributed by atoms with van der Waals surface area (Å²) in [5, 5.41) is 5.48. The van der Waals surface area contributed by atoms with Gasteiger partial charge in [-0.1, -0.05) is 66.7 Å². The number of anilines is 1. The summed E-state index contributed by atoms with van der Waals surface area (Å²) in [6.45, 7) is 0.557. The highest BCUT2D eigenvalue weighted by Gasteiger charge is 2.21. The van der Waals surface area contributed by atoms with Crippen molar-refractivity contribution in [1.29, 1.82) is 0 Å². The van der Waals surface area contributed by atoms with E-state index in [1.807, 2.05) is 77.5 Å². The molecule has 168 valence electrons. The zero-order chi connectivity index (χ0) is 23.2. The summed E-state index contributed by atoms with van der Waals surface area (Å²) in [4.78, 5) is 29.1. The van der Waals surface area contributed by atoms with Gasteiger partial charge in [0.05, 0.1) is 23.5 Å². The summed E-state index contributed by atoms with van der Waals surface area (Å²) in [5.74, 6) is -0.0113. The minimum absolute atomic E-state index is 0.0113. The highest BCUT2D eigenvalue weighted by atomic mass is 32.1. The van der Waals surface area contributed by atoms with Crippen LogP contribution >= 0.6 is 22.7 Å². The maximum Gasteiger partial charge on any atom is 0.234 e. The van der Waals surface area contributed by atoms with E-state index in [9.17, 15) is 4.79 Å². The summed E-state index contributed by atoms with van der Waals surface area (Å²) >= 11 is 3.00. The van der Waals surface area contributed by atoms with Crippen molar-refractivity contribution in [3.8, 4) is 22.0 Å². The van der Waals surface area contributed by atoms with Gasteiger partial charge in [-0.2, -0.15) is 0 Å². The predicted molar refractivity (Wildman–Crippen MR) is 139 cm³/mol. The minimum Gasteiger partial charge on any atom is -0.287 e. The molecule has 5 nitrogen and oxygen atoms in total. The largest absolute Gasteiger partial charge is 0.287 e. The Hall–Kier alpha value is -3.68. The molecule has 0 aliphatic rings. The molecule has 5 aromatic rings. The average Bonchev–Trinajstić information content (AvgIpc) is 3.56. The zero-order valence-corrected chi connectivity index (χ0v) is 20.0. The van der Waals surface area contributed by atoms with Crippen molar-refractivity contribution >= 4 is 33.7 Å². The van der Waals surface area contributed by atoms with Crippen LogP contribution in [-0.2, 0) is 17.6 Å². The SMILES string of the molecule is O=C(Cc1csc(-c2ccccn2)n1)N(CCc1ccccc1)c1nc(-c2ccccc2)cs1. The number of thiazole rings is 2. The van der Waals surface area contributed by atoms with Gasteiger partial charge in [0.15, 0.2) is 5.13 Å². The maximum atomic E-state index is 13.5. The third kappa shape index (κ3) is 5.27. The van der Waals surface area contributed by atoms with Crippen LogP contribution in [0, 0.1) is 0 Å².